The smallest absolute Gasteiger partial charge is 0.337 e. The first-order valence-electron chi connectivity index (χ1n) is 7.69. The molecule has 0 radical (unpaired) electrons. The van der Waals surface area contributed by atoms with Crippen molar-refractivity contribution in [2.24, 2.45) is 5.73 Å². The van der Waals surface area contributed by atoms with E-state index in [1.807, 2.05) is 0 Å². The molecule has 0 saturated heterocycles. The number of sulfone groups is 1. The number of amides is 1. The van der Waals surface area contributed by atoms with E-state index >= 15 is 0 Å². The standard InChI is InChI=1S/C16H22N2O5S/c1-23-14(19)11-8-12(10-13(9-11)24(2,21)22)18-15(20)16(17)6-4-3-5-7-16/h8-10H,3-7,17H2,1-2H3,(H,18,20). The third-order valence-corrected chi connectivity index (χ3v) is 5.30. The number of carbonyl (C=O) groups excluding carboxylic acids is 2. The van der Waals surface area contributed by atoms with E-state index in [0.29, 0.717) is 12.8 Å². The molecule has 0 spiro atoms. The summed E-state index contributed by atoms with van der Waals surface area (Å²) in [5.41, 5.74) is 5.46. The van der Waals surface area contributed by atoms with Crippen LogP contribution in [-0.2, 0) is 19.4 Å². The fourth-order valence-electron chi connectivity index (χ4n) is 2.79. The maximum Gasteiger partial charge on any atom is 0.337 e. The Morgan fingerprint density at radius 3 is 2.33 bits per heavy atom. The number of carbonyl (C=O) groups is 2. The van der Waals surface area contributed by atoms with Crippen LogP contribution in [-0.4, -0.2) is 39.2 Å². The summed E-state index contributed by atoms with van der Waals surface area (Å²) in [6.07, 6.45) is 4.98. The topological polar surface area (TPSA) is 116 Å². The zero-order valence-electron chi connectivity index (χ0n) is 13.8. The van der Waals surface area contributed by atoms with Crippen LogP contribution in [0.3, 0.4) is 0 Å². The summed E-state index contributed by atoms with van der Waals surface area (Å²) in [6, 6.07) is 3.91. The van der Waals surface area contributed by atoms with Crippen LogP contribution in [0, 0.1) is 0 Å². The molecule has 1 aromatic rings. The van der Waals surface area contributed by atoms with Crippen LogP contribution < -0.4 is 11.1 Å². The molecule has 1 aliphatic rings. The lowest BCUT2D eigenvalue weighted by Gasteiger charge is -2.31. The molecule has 132 valence electrons. The van der Waals surface area contributed by atoms with Crippen molar-refractivity contribution in [2.75, 3.05) is 18.7 Å². The molecule has 0 heterocycles. The quantitative estimate of drug-likeness (QED) is 0.791. The van der Waals surface area contributed by atoms with Gasteiger partial charge in [0.1, 0.15) is 0 Å². The minimum absolute atomic E-state index is 0.0467. The molecule has 1 amide bonds. The van der Waals surface area contributed by atoms with Crippen molar-refractivity contribution in [3.05, 3.63) is 23.8 Å². The van der Waals surface area contributed by atoms with Gasteiger partial charge in [0, 0.05) is 11.9 Å². The number of hydrogen-bond donors (Lipinski definition) is 2. The fourth-order valence-corrected chi connectivity index (χ4v) is 3.47. The lowest BCUT2D eigenvalue weighted by atomic mass is 9.82. The highest BCUT2D eigenvalue weighted by molar-refractivity contribution is 7.90. The van der Waals surface area contributed by atoms with Gasteiger partial charge in [-0.25, -0.2) is 13.2 Å². The van der Waals surface area contributed by atoms with Crippen LogP contribution in [0.5, 0.6) is 0 Å². The molecule has 0 atom stereocenters. The summed E-state index contributed by atoms with van der Waals surface area (Å²) in [5, 5.41) is 2.65. The molecule has 0 bridgehead atoms. The molecule has 24 heavy (non-hydrogen) atoms. The van der Waals surface area contributed by atoms with Gasteiger partial charge in [-0.3, -0.25) is 4.79 Å². The van der Waals surface area contributed by atoms with Gasteiger partial charge in [0.05, 0.1) is 23.1 Å². The predicted octanol–water partition coefficient (Wildman–Crippen LogP) is 1.48. The Morgan fingerprint density at radius 1 is 1.17 bits per heavy atom. The Hall–Kier alpha value is -1.93. The van der Waals surface area contributed by atoms with E-state index in [2.05, 4.69) is 10.1 Å². The van der Waals surface area contributed by atoms with Gasteiger partial charge in [0.15, 0.2) is 9.84 Å². The Balaban J connectivity index is 2.35. The van der Waals surface area contributed by atoms with E-state index in [-0.39, 0.29) is 22.1 Å². The second-order valence-corrected chi connectivity index (χ2v) is 8.20. The maximum atomic E-state index is 12.5. The molecule has 1 aliphatic carbocycles. The number of ether oxygens (including phenoxy) is 1. The normalized spacial score (nSPS) is 17.1. The van der Waals surface area contributed by atoms with Crippen LogP contribution in [0.25, 0.3) is 0 Å². The summed E-state index contributed by atoms with van der Waals surface area (Å²) >= 11 is 0. The van der Waals surface area contributed by atoms with Gasteiger partial charge in [0.2, 0.25) is 5.91 Å². The van der Waals surface area contributed by atoms with Crippen LogP contribution >= 0.6 is 0 Å². The molecule has 1 aromatic carbocycles. The predicted molar refractivity (Wildman–Crippen MR) is 89.5 cm³/mol. The largest absolute Gasteiger partial charge is 0.465 e. The Bertz CT molecular complexity index is 752. The van der Waals surface area contributed by atoms with E-state index in [9.17, 15) is 18.0 Å². The Morgan fingerprint density at radius 2 is 1.79 bits per heavy atom. The Kier molecular flexibility index (Phi) is 5.29. The van der Waals surface area contributed by atoms with Gasteiger partial charge < -0.3 is 15.8 Å². The first kappa shape index (κ1) is 18.4. The molecular formula is C16H22N2O5S. The highest BCUT2D eigenvalue weighted by Gasteiger charge is 2.35. The van der Waals surface area contributed by atoms with Crippen LogP contribution in [0.4, 0.5) is 5.69 Å². The SMILES string of the molecule is COC(=O)c1cc(NC(=O)C2(N)CCCCC2)cc(S(C)(=O)=O)c1. The van der Waals surface area contributed by atoms with Crippen molar-refractivity contribution in [3.8, 4) is 0 Å². The van der Waals surface area contributed by atoms with Crippen LogP contribution in [0.2, 0.25) is 0 Å². The van der Waals surface area contributed by atoms with Gasteiger partial charge in [-0.1, -0.05) is 19.3 Å². The van der Waals surface area contributed by atoms with Gasteiger partial charge in [0.25, 0.3) is 0 Å². The fraction of sp³-hybridized carbons (Fsp3) is 0.500. The zero-order chi connectivity index (χ0) is 18.0. The summed E-state index contributed by atoms with van der Waals surface area (Å²) in [5.74, 6) is -1.06. The number of esters is 1. The summed E-state index contributed by atoms with van der Waals surface area (Å²) in [7, 11) is -2.36. The molecule has 2 rings (SSSR count). The number of nitrogens with one attached hydrogen (secondary N) is 1. The average molecular weight is 354 g/mol. The second-order valence-electron chi connectivity index (χ2n) is 6.18. The number of rotatable bonds is 4. The molecule has 1 fully saturated rings. The molecule has 7 nitrogen and oxygen atoms in total. The second kappa shape index (κ2) is 6.90. The van der Waals surface area contributed by atoms with E-state index in [1.165, 1.54) is 25.3 Å². The lowest BCUT2D eigenvalue weighted by Crippen LogP contribution is -2.52. The highest BCUT2D eigenvalue weighted by atomic mass is 32.2. The first-order valence-corrected chi connectivity index (χ1v) is 9.59. The number of nitrogens with two attached hydrogens (primary N) is 1. The molecule has 8 heteroatoms. The van der Waals surface area contributed by atoms with Crippen molar-refractivity contribution >= 4 is 27.4 Å². The highest BCUT2D eigenvalue weighted by Crippen LogP contribution is 2.28. The minimum atomic E-state index is -3.56. The van der Waals surface area contributed by atoms with Gasteiger partial charge in [-0.05, 0) is 31.0 Å². The molecule has 3 N–H and O–H groups in total. The van der Waals surface area contributed by atoms with E-state index in [4.69, 9.17) is 5.73 Å². The van der Waals surface area contributed by atoms with Gasteiger partial charge in [-0.15, -0.1) is 0 Å². The maximum absolute atomic E-state index is 12.5. The number of benzene rings is 1. The lowest BCUT2D eigenvalue weighted by molar-refractivity contribution is -0.122. The molecule has 1 saturated carbocycles. The van der Waals surface area contributed by atoms with E-state index < -0.39 is 21.3 Å². The summed E-state index contributed by atoms with van der Waals surface area (Å²) in [4.78, 5) is 24.2. The third kappa shape index (κ3) is 4.12. The van der Waals surface area contributed by atoms with Crippen LogP contribution in [0.1, 0.15) is 42.5 Å². The van der Waals surface area contributed by atoms with Crippen molar-refractivity contribution in [3.63, 3.8) is 0 Å². The Labute approximate surface area is 141 Å². The summed E-state index contributed by atoms with van der Waals surface area (Å²) < 4.78 is 28.2. The van der Waals surface area contributed by atoms with Crippen molar-refractivity contribution in [1.29, 1.82) is 0 Å². The first-order chi connectivity index (χ1) is 11.2. The van der Waals surface area contributed by atoms with Crippen molar-refractivity contribution in [2.45, 2.75) is 42.5 Å². The third-order valence-electron chi connectivity index (χ3n) is 4.21. The van der Waals surface area contributed by atoms with Gasteiger partial charge >= 0.3 is 5.97 Å². The minimum Gasteiger partial charge on any atom is -0.465 e. The van der Waals surface area contributed by atoms with Crippen molar-refractivity contribution < 1.29 is 22.7 Å². The van der Waals surface area contributed by atoms with Crippen molar-refractivity contribution in [1.82, 2.24) is 0 Å². The molecule has 0 unspecified atom stereocenters. The molecular weight excluding hydrogens is 332 g/mol. The van der Waals surface area contributed by atoms with Gasteiger partial charge in [-0.2, -0.15) is 0 Å². The zero-order valence-corrected chi connectivity index (χ0v) is 14.6. The van der Waals surface area contributed by atoms with E-state index in [1.54, 1.807) is 0 Å². The number of anilines is 1. The van der Waals surface area contributed by atoms with Crippen LogP contribution in [0.15, 0.2) is 23.1 Å². The average Bonchev–Trinajstić information content (AvgIpc) is 2.53. The molecule has 0 aromatic heterocycles. The number of hydrogen-bond acceptors (Lipinski definition) is 6. The molecule has 0 aliphatic heterocycles. The monoisotopic (exact) mass is 354 g/mol. The van der Waals surface area contributed by atoms with E-state index in [0.717, 1.165) is 25.5 Å². The summed E-state index contributed by atoms with van der Waals surface area (Å²) in [6.45, 7) is 0. The number of methoxy groups -OCH3 is 1.